The van der Waals surface area contributed by atoms with Crippen LogP contribution in [0.4, 0.5) is 11.5 Å². The van der Waals surface area contributed by atoms with E-state index in [2.05, 4.69) is 45.7 Å². The second kappa shape index (κ2) is 9.95. The molecule has 5 nitrogen and oxygen atoms in total. The highest BCUT2D eigenvalue weighted by molar-refractivity contribution is 6.33. The van der Waals surface area contributed by atoms with Crippen LogP contribution in [0.1, 0.15) is 44.7 Å². The van der Waals surface area contributed by atoms with Crippen LogP contribution >= 0.6 is 23.2 Å². The fourth-order valence-corrected chi connectivity index (χ4v) is 5.56. The molecule has 0 amide bonds. The molecule has 2 fully saturated rings. The monoisotopic (exact) mass is 461 g/mol. The van der Waals surface area contributed by atoms with Gasteiger partial charge in [0.1, 0.15) is 5.82 Å². The quantitative estimate of drug-likeness (QED) is 0.670. The van der Waals surface area contributed by atoms with Gasteiger partial charge in [-0.25, -0.2) is 4.98 Å². The molecule has 4 rings (SSSR count). The second-order valence-electron chi connectivity index (χ2n) is 8.81. The molecule has 31 heavy (non-hydrogen) atoms. The molecule has 7 heteroatoms. The lowest BCUT2D eigenvalue weighted by molar-refractivity contribution is 0.0515. The molecule has 2 aliphatic heterocycles. The minimum atomic E-state index is 0.427. The van der Waals surface area contributed by atoms with Crippen LogP contribution in [0.5, 0.6) is 0 Å². The average Bonchev–Trinajstić information content (AvgIpc) is 2.79. The third-order valence-corrected chi connectivity index (χ3v) is 7.54. The molecule has 0 bridgehead atoms. The van der Waals surface area contributed by atoms with Gasteiger partial charge < -0.3 is 10.6 Å². The molecule has 2 aromatic rings. The van der Waals surface area contributed by atoms with Gasteiger partial charge >= 0.3 is 0 Å². The predicted molar refractivity (Wildman–Crippen MR) is 131 cm³/mol. The second-order valence-corrected chi connectivity index (χ2v) is 9.66. The summed E-state index contributed by atoms with van der Waals surface area (Å²) in [5.74, 6) is 0.862. The molecule has 2 N–H and O–H groups in total. The number of nitrogen functional groups attached to an aromatic ring is 1. The van der Waals surface area contributed by atoms with Gasteiger partial charge in [-0.3, -0.25) is 9.80 Å². The van der Waals surface area contributed by atoms with Crippen molar-refractivity contribution in [2.45, 2.75) is 51.2 Å². The van der Waals surface area contributed by atoms with E-state index >= 15 is 0 Å². The number of hydrogen-bond donors (Lipinski definition) is 1. The van der Waals surface area contributed by atoms with Crippen LogP contribution in [0.2, 0.25) is 10.0 Å². The van der Waals surface area contributed by atoms with E-state index in [1.807, 2.05) is 12.1 Å². The lowest BCUT2D eigenvalue weighted by Crippen LogP contribution is -2.58. The minimum Gasteiger partial charge on any atom is -0.397 e. The fraction of sp³-hybridized carbons (Fsp3) is 0.542. The van der Waals surface area contributed by atoms with Crippen LogP contribution in [-0.4, -0.2) is 59.6 Å². The van der Waals surface area contributed by atoms with Gasteiger partial charge in [0.25, 0.3) is 0 Å². The Labute approximate surface area is 196 Å². The first-order chi connectivity index (χ1) is 15.0. The molecule has 2 atom stereocenters. The molecule has 168 valence electrons. The largest absolute Gasteiger partial charge is 0.397 e. The highest BCUT2D eigenvalue weighted by atomic mass is 35.5. The number of nitrogens with zero attached hydrogens (tertiary/aromatic N) is 4. The van der Waals surface area contributed by atoms with Gasteiger partial charge in [-0.2, -0.15) is 0 Å². The lowest BCUT2D eigenvalue weighted by atomic mass is 9.96. The van der Waals surface area contributed by atoms with E-state index in [0.717, 1.165) is 50.0 Å². The van der Waals surface area contributed by atoms with E-state index in [-0.39, 0.29) is 0 Å². The van der Waals surface area contributed by atoms with Crippen LogP contribution < -0.4 is 10.6 Å². The van der Waals surface area contributed by atoms with Crippen molar-refractivity contribution in [2.75, 3.05) is 43.4 Å². The molecule has 2 unspecified atom stereocenters. The minimum absolute atomic E-state index is 0.427. The van der Waals surface area contributed by atoms with Crippen molar-refractivity contribution in [3.05, 3.63) is 52.1 Å². The normalized spacial score (nSPS) is 22.6. The Morgan fingerprint density at radius 2 is 1.81 bits per heavy atom. The van der Waals surface area contributed by atoms with Crippen molar-refractivity contribution >= 4 is 34.7 Å². The number of piperazine rings is 1. The van der Waals surface area contributed by atoms with Crippen molar-refractivity contribution in [3.8, 4) is 0 Å². The summed E-state index contributed by atoms with van der Waals surface area (Å²) in [5, 5.41) is 1.45. The van der Waals surface area contributed by atoms with Crippen LogP contribution in [0.15, 0.2) is 36.5 Å². The highest BCUT2D eigenvalue weighted by Crippen LogP contribution is 2.31. The molecule has 2 aliphatic rings. The topological polar surface area (TPSA) is 48.6 Å². The van der Waals surface area contributed by atoms with Crippen molar-refractivity contribution in [3.63, 3.8) is 0 Å². The maximum absolute atomic E-state index is 6.43. The van der Waals surface area contributed by atoms with Crippen LogP contribution in [0, 0.1) is 0 Å². The van der Waals surface area contributed by atoms with E-state index < -0.39 is 0 Å². The van der Waals surface area contributed by atoms with Gasteiger partial charge in [-0.05, 0) is 49.9 Å². The van der Waals surface area contributed by atoms with Gasteiger partial charge in [0.2, 0.25) is 0 Å². The zero-order valence-corrected chi connectivity index (χ0v) is 20.0. The number of anilines is 2. The number of hydrogen-bond acceptors (Lipinski definition) is 5. The maximum atomic E-state index is 6.43. The molecule has 1 aromatic carbocycles. The Morgan fingerprint density at radius 1 is 1.10 bits per heavy atom. The summed E-state index contributed by atoms with van der Waals surface area (Å²) < 4.78 is 0. The molecular weight excluding hydrogens is 429 g/mol. The summed E-state index contributed by atoms with van der Waals surface area (Å²) in [6.07, 6.45) is 5.27. The smallest absolute Gasteiger partial charge is 0.147 e. The molecule has 2 saturated heterocycles. The van der Waals surface area contributed by atoms with E-state index in [1.165, 1.54) is 18.4 Å². The summed E-state index contributed by atoms with van der Waals surface area (Å²) >= 11 is 12.5. The van der Waals surface area contributed by atoms with E-state index in [9.17, 15) is 0 Å². The number of nitrogens with two attached hydrogens (primary N) is 1. The average molecular weight is 462 g/mol. The Morgan fingerprint density at radius 3 is 2.45 bits per heavy atom. The van der Waals surface area contributed by atoms with E-state index in [4.69, 9.17) is 28.9 Å². The molecular formula is C24H33Cl2N5. The van der Waals surface area contributed by atoms with Crippen molar-refractivity contribution in [2.24, 2.45) is 0 Å². The Hall–Kier alpha value is -1.53. The summed E-state index contributed by atoms with van der Waals surface area (Å²) in [4.78, 5) is 12.2. The van der Waals surface area contributed by atoms with Crippen molar-refractivity contribution in [1.82, 2.24) is 14.8 Å². The SMILES string of the molecule is CCC1CN(c2ncc(N)cc2Cl)CCN1C1CCN(C(C)c2ccc(Cl)cc2)CC1. The van der Waals surface area contributed by atoms with Crippen LogP contribution in [-0.2, 0) is 0 Å². The number of piperidine rings is 1. The molecule has 0 spiro atoms. The van der Waals surface area contributed by atoms with Crippen LogP contribution in [0.3, 0.4) is 0 Å². The molecule has 0 aliphatic carbocycles. The predicted octanol–water partition coefficient (Wildman–Crippen LogP) is 5.10. The Bertz CT molecular complexity index is 867. The number of aromatic nitrogens is 1. The molecule has 1 aromatic heterocycles. The zero-order chi connectivity index (χ0) is 22.0. The third kappa shape index (κ3) is 5.11. The maximum Gasteiger partial charge on any atom is 0.147 e. The van der Waals surface area contributed by atoms with E-state index in [0.29, 0.717) is 28.8 Å². The zero-order valence-electron chi connectivity index (χ0n) is 18.5. The molecule has 3 heterocycles. The van der Waals surface area contributed by atoms with E-state index in [1.54, 1.807) is 12.3 Å². The first-order valence-electron chi connectivity index (χ1n) is 11.4. The molecule has 0 radical (unpaired) electrons. The standard InChI is InChI=1S/C24H33Cl2N5/c1-3-21-16-30(24-23(26)14-20(27)15-28-24)12-13-31(21)22-8-10-29(11-9-22)17(2)18-4-6-19(25)7-5-18/h4-7,14-15,17,21-22H,3,8-13,16,27H2,1-2H3. The lowest BCUT2D eigenvalue weighted by Gasteiger charge is -2.48. The van der Waals surface area contributed by atoms with Gasteiger partial charge in [0.15, 0.2) is 0 Å². The summed E-state index contributed by atoms with van der Waals surface area (Å²) in [6.45, 7) is 9.84. The van der Waals surface area contributed by atoms with Gasteiger partial charge in [0.05, 0.1) is 16.9 Å². The highest BCUT2D eigenvalue weighted by Gasteiger charge is 2.34. The number of benzene rings is 1. The summed E-state index contributed by atoms with van der Waals surface area (Å²) in [7, 11) is 0. The Kier molecular flexibility index (Phi) is 7.27. The van der Waals surface area contributed by atoms with Crippen LogP contribution in [0.25, 0.3) is 0 Å². The number of rotatable bonds is 5. The van der Waals surface area contributed by atoms with Gasteiger partial charge in [-0.15, -0.1) is 0 Å². The number of likely N-dealkylation sites (tertiary alicyclic amines) is 1. The third-order valence-electron chi connectivity index (χ3n) is 7.01. The van der Waals surface area contributed by atoms with Gasteiger partial charge in [-0.1, -0.05) is 42.3 Å². The van der Waals surface area contributed by atoms with Crippen molar-refractivity contribution in [1.29, 1.82) is 0 Å². The fourth-order valence-electron chi connectivity index (χ4n) is 5.14. The summed E-state index contributed by atoms with van der Waals surface area (Å²) in [5.41, 5.74) is 7.78. The van der Waals surface area contributed by atoms with Gasteiger partial charge in [0, 0.05) is 55.9 Å². The first-order valence-corrected chi connectivity index (χ1v) is 12.1. The molecule has 0 saturated carbocycles. The number of halogens is 2. The summed E-state index contributed by atoms with van der Waals surface area (Å²) in [6, 6.07) is 11.7. The Balaban J connectivity index is 1.35. The number of pyridine rings is 1. The first kappa shape index (κ1) is 22.7. The van der Waals surface area contributed by atoms with Crippen molar-refractivity contribution < 1.29 is 0 Å².